The standard InChI is InChI=1S/C12H20N4O7S/c1-22-12(10(13)17)8(9-3-2-4-14-9)5-7-6-15(12)11(18)16(7)23-24(19,20)21/h7-9,14H,2-6H2,1H3,(H2,13,17)(H,19,20,21). The number of carbonyl (C=O) groups excluding carboxylic acids is 2. The fourth-order valence-corrected chi connectivity index (χ4v) is 4.49. The van der Waals surface area contributed by atoms with Crippen LogP contribution in [0.15, 0.2) is 0 Å². The molecule has 3 rings (SSSR count). The van der Waals surface area contributed by atoms with Gasteiger partial charge in [0.2, 0.25) is 5.72 Å². The number of fused-ring (bicyclic) bond motifs is 2. The Hall–Kier alpha value is -1.47. The van der Waals surface area contributed by atoms with Crippen molar-refractivity contribution < 1.29 is 31.6 Å². The van der Waals surface area contributed by atoms with Gasteiger partial charge < -0.3 is 15.8 Å². The Kier molecular flexibility index (Phi) is 4.20. The van der Waals surface area contributed by atoms with E-state index in [9.17, 15) is 18.0 Å². The molecule has 0 aromatic carbocycles. The second-order valence-electron chi connectivity index (χ2n) is 6.18. The number of ether oxygens (including phenoxy) is 1. The summed E-state index contributed by atoms with van der Waals surface area (Å²) >= 11 is 0. The molecule has 2 bridgehead atoms. The summed E-state index contributed by atoms with van der Waals surface area (Å²) in [6, 6.07) is -1.64. The van der Waals surface area contributed by atoms with Crippen molar-refractivity contribution in [3.05, 3.63) is 0 Å². The number of nitrogens with one attached hydrogen (secondary N) is 1. The molecule has 12 heteroatoms. The van der Waals surface area contributed by atoms with E-state index in [0.717, 1.165) is 24.3 Å². The number of carbonyl (C=O) groups is 2. The Morgan fingerprint density at radius 3 is 2.71 bits per heavy atom. The highest BCUT2D eigenvalue weighted by molar-refractivity contribution is 7.80. The quantitative estimate of drug-likeness (QED) is 0.495. The maximum atomic E-state index is 12.5. The van der Waals surface area contributed by atoms with Gasteiger partial charge in [0.1, 0.15) is 0 Å². The van der Waals surface area contributed by atoms with Gasteiger partial charge >= 0.3 is 16.4 Å². The predicted molar refractivity (Wildman–Crippen MR) is 78.4 cm³/mol. The highest BCUT2D eigenvalue weighted by Crippen LogP contribution is 2.44. The molecular formula is C12H20N4O7S. The Balaban J connectivity index is 2.00. The Labute approximate surface area is 138 Å². The van der Waals surface area contributed by atoms with Crippen molar-refractivity contribution >= 4 is 22.3 Å². The maximum Gasteiger partial charge on any atom is 0.418 e. The van der Waals surface area contributed by atoms with E-state index in [4.69, 9.17) is 15.0 Å². The van der Waals surface area contributed by atoms with Gasteiger partial charge in [0.25, 0.3) is 5.91 Å². The highest BCUT2D eigenvalue weighted by atomic mass is 32.3. The molecule has 136 valence electrons. The Bertz CT molecular complexity index is 650. The number of rotatable bonds is 5. The first-order chi connectivity index (χ1) is 11.2. The van der Waals surface area contributed by atoms with Crippen molar-refractivity contribution in [1.82, 2.24) is 15.3 Å². The van der Waals surface area contributed by atoms with Crippen LogP contribution in [0.1, 0.15) is 19.3 Å². The number of primary amides is 1. The van der Waals surface area contributed by atoms with Crippen LogP contribution in [0.4, 0.5) is 4.79 Å². The zero-order valence-electron chi connectivity index (χ0n) is 13.0. The molecule has 3 aliphatic heterocycles. The molecule has 24 heavy (non-hydrogen) atoms. The van der Waals surface area contributed by atoms with E-state index in [2.05, 4.69) is 9.60 Å². The first-order valence-electron chi connectivity index (χ1n) is 7.57. The number of hydrogen-bond donors (Lipinski definition) is 3. The Morgan fingerprint density at radius 2 is 2.21 bits per heavy atom. The van der Waals surface area contributed by atoms with Gasteiger partial charge in [0.15, 0.2) is 0 Å². The molecule has 3 saturated heterocycles. The minimum atomic E-state index is -4.87. The van der Waals surface area contributed by atoms with Gasteiger partial charge in [0, 0.05) is 25.6 Å². The minimum absolute atomic E-state index is 0.00829. The maximum absolute atomic E-state index is 12.5. The molecule has 11 nitrogen and oxygen atoms in total. The summed E-state index contributed by atoms with van der Waals surface area (Å²) in [5, 5.41) is 3.83. The van der Waals surface area contributed by atoms with E-state index in [0.29, 0.717) is 5.06 Å². The lowest BCUT2D eigenvalue weighted by Crippen LogP contribution is -2.68. The summed E-state index contributed by atoms with van der Waals surface area (Å²) in [4.78, 5) is 25.9. The van der Waals surface area contributed by atoms with Crippen LogP contribution in [-0.4, -0.2) is 72.9 Å². The number of hydrogen-bond acceptors (Lipinski definition) is 7. The zero-order valence-corrected chi connectivity index (χ0v) is 13.9. The molecule has 3 aliphatic rings. The molecule has 0 aliphatic carbocycles. The Morgan fingerprint density at radius 1 is 1.50 bits per heavy atom. The van der Waals surface area contributed by atoms with E-state index in [1.165, 1.54) is 7.11 Å². The van der Waals surface area contributed by atoms with Crippen LogP contribution in [0.3, 0.4) is 0 Å². The summed E-state index contributed by atoms with van der Waals surface area (Å²) in [6.07, 6.45) is 1.92. The smallest absolute Gasteiger partial charge is 0.365 e. The van der Waals surface area contributed by atoms with Crippen LogP contribution in [0.2, 0.25) is 0 Å². The van der Waals surface area contributed by atoms with Crippen molar-refractivity contribution in [2.24, 2.45) is 11.7 Å². The number of methoxy groups -OCH3 is 1. The number of hydroxylamine groups is 2. The van der Waals surface area contributed by atoms with Crippen molar-refractivity contribution in [2.45, 2.75) is 37.1 Å². The molecule has 3 fully saturated rings. The van der Waals surface area contributed by atoms with Gasteiger partial charge in [-0.1, -0.05) is 0 Å². The summed E-state index contributed by atoms with van der Waals surface area (Å²) in [5.74, 6) is -1.30. The summed E-state index contributed by atoms with van der Waals surface area (Å²) in [5.41, 5.74) is 3.88. The van der Waals surface area contributed by atoms with Crippen LogP contribution >= 0.6 is 0 Å². The summed E-state index contributed by atoms with van der Waals surface area (Å²) in [6.45, 7) is 0.776. The second kappa shape index (κ2) is 5.81. The average Bonchev–Trinajstić information content (AvgIpc) is 3.10. The molecule has 4 atom stereocenters. The summed E-state index contributed by atoms with van der Waals surface area (Å²) in [7, 11) is -3.59. The largest absolute Gasteiger partial charge is 0.418 e. The average molecular weight is 364 g/mol. The molecule has 4 unspecified atom stereocenters. The molecule has 0 radical (unpaired) electrons. The first-order valence-corrected chi connectivity index (χ1v) is 8.93. The fourth-order valence-electron chi connectivity index (χ4n) is 4.10. The summed E-state index contributed by atoms with van der Waals surface area (Å²) < 4.78 is 40.7. The molecule has 4 N–H and O–H groups in total. The number of amides is 3. The van der Waals surface area contributed by atoms with E-state index in [1.807, 2.05) is 0 Å². The minimum Gasteiger partial charge on any atom is -0.365 e. The van der Waals surface area contributed by atoms with Crippen molar-refractivity contribution in [2.75, 3.05) is 20.2 Å². The number of nitrogens with zero attached hydrogens (tertiary/aromatic N) is 2. The lowest BCUT2D eigenvalue weighted by atomic mass is 9.78. The zero-order chi connectivity index (χ0) is 17.7. The third-order valence-corrected chi connectivity index (χ3v) is 5.35. The van der Waals surface area contributed by atoms with Gasteiger partial charge in [-0.05, 0) is 25.8 Å². The van der Waals surface area contributed by atoms with Crippen LogP contribution in [-0.2, 0) is 24.2 Å². The normalized spacial score (nSPS) is 36.4. The van der Waals surface area contributed by atoms with Crippen LogP contribution in [0.5, 0.6) is 0 Å². The van der Waals surface area contributed by atoms with E-state index in [-0.39, 0.29) is 19.0 Å². The lowest BCUT2D eigenvalue weighted by molar-refractivity contribution is -0.185. The second-order valence-corrected chi connectivity index (χ2v) is 7.19. The van der Waals surface area contributed by atoms with Gasteiger partial charge in [-0.2, -0.15) is 13.5 Å². The van der Waals surface area contributed by atoms with Gasteiger partial charge in [-0.15, -0.1) is 4.28 Å². The lowest BCUT2D eigenvalue weighted by Gasteiger charge is -2.47. The third kappa shape index (κ3) is 2.54. The van der Waals surface area contributed by atoms with E-state index < -0.39 is 40.0 Å². The molecule has 3 amide bonds. The predicted octanol–water partition coefficient (Wildman–Crippen LogP) is -1.57. The third-order valence-electron chi connectivity index (χ3n) is 5.00. The van der Waals surface area contributed by atoms with Crippen molar-refractivity contribution in [3.8, 4) is 0 Å². The number of urea groups is 1. The van der Waals surface area contributed by atoms with Crippen molar-refractivity contribution in [3.63, 3.8) is 0 Å². The van der Waals surface area contributed by atoms with Crippen molar-refractivity contribution in [1.29, 1.82) is 0 Å². The molecule has 0 aromatic heterocycles. The number of piperidine rings is 1. The number of nitrogens with two attached hydrogens (primary N) is 1. The topological polar surface area (TPSA) is 151 Å². The van der Waals surface area contributed by atoms with Gasteiger partial charge in [-0.3, -0.25) is 14.2 Å². The first kappa shape index (κ1) is 17.4. The van der Waals surface area contributed by atoms with Gasteiger partial charge in [0.05, 0.1) is 6.04 Å². The van der Waals surface area contributed by atoms with Crippen LogP contribution in [0.25, 0.3) is 0 Å². The molecular weight excluding hydrogens is 344 g/mol. The van der Waals surface area contributed by atoms with E-state index >= 15 is 0 Å². The fraction of sp³-hybridized carbons (Fsp3) is 0.833. The molecule has 0 spiro atoms. The SMILES string of the molecule is COC1(C(N)=O)C(C2CCCN2)CC2CN1C(=O)N2OS(=O)(=O)O. The van der Waals surface area contributed by atoms with E-state index in [1.54, 1.807) is 0 Å². The molecule has 0 saturated carbocycles. The van der Waals surface area contributed by atoms with Crippen LogP contribution < -0.4 is 11.1 Å². The monoisotopic (exact) mass is 364 g/mol. The van der Waals surface area contributed by atoms with Gasteiger partial charge in [-0.25, -0.2) is 4.79 Å². The molecule has 3 heterocycles. The molecule has 0 aromatic rings. The highest BCUT2D eigenvalue weighted by Gasteiger charge is 2.64. The van der Waals surface area contributed by atoms with Crippen LogP contribution in [0, 0.1) is 5.92 Å².